The molecule has 2 aliphatic rings. The highest BCUT2D eigenvalue weighted by molar-refractivity contribution is 5.76. The van der Waals surface area contributed by atoms with Crippen molar-refractivity contribution in [2.75, 3.05) is 26.2 Å². The first-order valence-corrected chi connectivity index (χ1v) is 8.90. The number of carbonyl (C=O) groups is 2. The third kappa shape index (κ3) is 5.18. The van der Waals surface area contributed by atoms with Crippen LogP contribution in [-0.4, -0.2) is 43.1 Å². The number of piperidine rings is 1. The molecule has 2 fully saturated rings. The lowest BCUT2D eigenvalue weighted by molar-refractivity contribution is -0.149. The Bertz CT molecular complexity index is 359. The molecule has 1 aliphatic heterocycles. The van der Waals surface area contributed by atoms with Crippen molar-refractivity contribution in [3.63, 3.8) is 0 Å². The van der Waals surface area contributed by atoms with Crippen molar-refractivity contribution in [1.29, 1.82) is 0 Å². The number of nitrogens with zero attached hydrogens (tertiary/aromatic N) is 1. The summed E-state index contributed by atoms with van der Waals surface area (Å²) < 4.78 is 5.05. The van der Waals surface area contributed by atoms with Crippen molar-refractivity contribution in [2.24, 2.45) is 11.8 Å². The molecular formula is C17H30N2O3. The minimum atomic E-state index is -0.111. The van der Waals surface area contributed by atoms with Gasteiger partial charge in [-0.15, -0.1) is 0 Å². The van der Waals surface area contributed by atoms with E-state index in [0.29, 0.717) is 19.7 Å². The minimum absolute atomic E-state index is 0.0260. The maximum atomic E-state index is 12.1. The van der Waals surface area contributed by atoms with Gasteiger partial charge in [-0.25, -0.2) is 4.79 Å². The zero-order valence-electron chi connectivity index (χ0n) is 13.8. The van der Waals surface area contributed by atoms with E-state index in [9.17, 15) is 9.59 Å². The van der Waals surface area contributed by atoms with Crippen molar-refractivity contribution in [3.8, 4) is 0 Å². The fourth-order valence-electron chi connectivity index (χ4n) is 3.55. The summed E-state index contributed by atoms with van der Waals surface area (Å²) in [6.07, 6.45) is 9.24. The molecule has 2 rings (SSSR count). The Morgan fingerprint density at radius 1 is 1.09 bits per heavy atom. The van der Waals surface area contributed by atoms with E-state index in [2.05, 4.69) is 5.32 Å². The van der Waals surface area contributed by atoms with Crippen molar-refractivity contribution in [3.05, 3.63) is 0 Å². The molecule has 1 saturated carbocycles. The first-order chi connectivity index (χ1) is 10.7. The number of urea groups is 1. The molecule has 1 N–H and O–H groups in total. The molecule has 0 aromatic carbocycles. The molecule has 0 radical (unpaired) electrons. The van der Waals surface area contributed by atoms with Crippen LogP contribution in [0.1, 0.15) is 58.3 Å². The van der Waals surface area contributed by atoms with E-state index in [1.807, 2.05) is 11.8 Å². The van der Waals surface area contributed by atoms with Gasteiger partial charge in [0.1, 0.15) is 0 Å². The SMILES string of the molecule is CCOC(=O)C1CCN(C(=O)NCCC2CCCCC2)CC1. The van der Waals surface area contributed by atoms with Gasteiger partial charge in [-0.3, -0.25) is 4.79 Å². The second-order valence-electron chi connectivity index (χ2n) is 6.54. The van der Waals surface area contributed by atoms with Crippen LogP contribution < -0.4 is 5.32 Å². The number of amides is 2. The molecule has 0 bridgehead atoms. The number of rotatable bonds is 5. The predicted octanol–water partition coefficient (Wildman–Crippen LogP) is 2.94. The summed E-state index contributed by atoms with van der Waals surface area (Å²) in [4.78, 5) is 25.7. The lowest BCUT2D eigenvalue weighted by Crippen LogP contribution is -2.46. The Hall–Kier alpha value is -1.26. The lowest BCUT2D eigenvalue weighted by Gasteiger charge is -2.31. The van der Waals surface area contributed by atoms with Gasteiger partial charge in [-0.2, -0.15) is 0 Å². The van der Waals surface area contributed by atoms with Crippen LogP contribution in [-0.2, 0) is 9.53 Å². The zero-order valence-corrected chi connectivity index (χ0v) is 13.8. The highest BCUT2D eigenvalue weighted by Gasteiger charge is 2.28. The van der Waals surface area contributed by atoms with Crippen LogP contribution >= 0.6 is 0 Å². The number of hydrogen-bond acceptors (Lipinski definition) is 3. The highest BCUT2D eigenvalue weighted by Crippen LogP contribution is 2.25. The summed E-state index contributed by atoms with van der Waals surface area (Å²) >= 11 is 0. The van der Waals surface area contributed by atoms with Crippen molar-refractivity contribution < 1.29 is 14.3 Å². The Balaban J connectivity index is 1.61. The molecular weight excluding hydrogens is 280 g/mol. The summed E-state index contributed by atoms with van der Waals surface area (Å²) in [5.74, 6) is 0.648. The van der Waals surface area contributed by atoms with Gasteiger partial charge in [0.05, 0.1) is 12.5 Å². The Kier molecular flexibility index (Phi) is 7.00. The summed E-state index contributed by atoms with van der Waals surface area (Å²) in [6.45, 7) is 4.34. The highest BCUT2D eigenvalue weighted by atomic mass is 16.5. The Morgan fingerprint density at radius 3 is 2.41 bits per heavy atom. The van der Waals surface area contributed by atoms with Gasteiger partial charge in [0.2, 0.25) is 0 Å². The fraction of sp³-hybridized carbons (Fsp3) is 0.882. The topological polar surface area (TPSA) is 58.6 Å². The number of esters is 1. The van der Waals surface area contributed by atoms with Gasteiger partial charge in [0.25, 0.3) is 0 Å². The normalized spacial score (nSPS) is 20.7. The molecule has 5 heteroatoms. The van der Waals surface area contributed by atoms with E-state index in [1.165, 1.54) is 32.1 Å². The van der Waals surface area contributed by atoms with Crippen LogP contribution in [0.25, 0.3) is 0 Å². The maximum Gasteiger partial charge on any atom is 0.317 e. The van der Waals surface area contributed by atoms with Crippen LogP contribution in [0.2, 0.25) is 0 Å². The van der Waals surface area contributed by atoms with E-state index in [1.54, 1.807) is 0 Å². The van der Waals surface area contributed by atoms with E-state index < -0.39 is 0 Å². The molecule has 0 atom stereocenters. The molecule has 0 spiro atoms. The molecule has 126 valence electrons. The average molecular weight is 310 g/mol. The molecule has 0 aromatic heterocycles. The van der Waals surface area contributed by atoms with Crippen LogP contribution in [0.3, 0.4) is 0 Å². The minimum Gasteiger partial charge on any atom is -0.466 e. The maximum absolute atomic E-state index is 12.1. The van der Waals surface area contributed by atoms with E-state index in [-0.39, 0.29) is 17.9 Å². The van der Waals surface area contributed by atoms with Crippen LogP contribution in [0.4, 0.5) is 4.79 Å². The van der Waals surface area contributed by atoms with Crippen LogP contribution in [0.15, 0.2) is 0 Å². The van der Waals surface area contributed by atoms with Crippen molar-refractivity contribution >= 4 is 12.0 Å². The van der Waals surface area contributed by atoms with E-state index in [0.717, 1.165) is 31.7 Å². The second kappa shape index (κ2) is 9.01. The molecule has 0 aromatic rings. The first-order valence-electron chi connectivity index (χ1n) is 8.90. The molecule has 2 amide bonds. The van der Waals surface area contributed by atoms with Gasteiger partial charge in [0, 0.05) is 19.6 Å². The number of likely N-dealkylation sites (tertiary alicyclic amines) is 1. The Labute approximate surface area is 133 Å². The lowest BCUT2D eigenvalue weighted by atomic mass is 9.87. The number of carbonyl (C=O) groups excluding carboxylic acids is 2. The molecule has 1 saturated heterocycles. The van der Waals surface area contributed by atoms with E-state index in [4.69, 9.17) is 4.74 Å². The monoisotopic (exact) mass is 310 g/mol. The largest absolute Gasteiger partial charge is 0.466 e. The molecule has 22 heavy (non-hydrogen) atoms. The fourth-order valence-corrected chi connectivity index (χ4v) is 3.55. The zero-order chi connectivity index (χ0) is 15.8. The van der Waals surface area contributed by atoms with Gasteiger partial charge < -0.3 is 15.0 Å². The molecule has 1 aliphatic carbocycles. The summed E-state index contributed by atoms with van der Waals surface area (Å²) in [5, 5.41) is 3.04. The quantitative estimate of drug-likeness (QED) is 0.794. The van der Waals surface area contributed by atoms with Gasteiger partial charge in [0.15, 0.2) is 0 Å². The molecule has 1 heterocycles. The average Bonchev–Trinajstić information content (AvgIpc) is 2.56. The van der Waals surface area contributed by atoms with Crippen LogP contribution in [0, 0.1) is 11.8 Å². The standard InChI is InChI=1S/C17H30N2O3/c1-2-22-16(20)15-9-12-19(13-10-15)17(21)18-11-8-14-6-4-3-5-7-14/h14-15H,2-13H2,1H3,(H,18,21). The number of hydrogen-bond donors (Lipinski definition) is 1. The summed E-state index contributed by atoms with van der Waals surface area (Å²) in [5.41, 5.74) is 0. The Morgan fingerprint density at radius 2 is 1.77 bits per heavy atom. The van der Waals surface area contributed by atoms with Gasteiger partial charge in [-0.1, -0.05) is 32.1 Å². The van der Waals surface area contributed by atoms with Gasteiger partial charge in [-0.05, 0) is 32.1 Å². The van der Waals surface area contributed by atoms with Crippen molar-refractivity contribution in [1.82, 2.24) is 10.2 Å². The smallest absolute Gasteiger partial charge is 0.317 e. The first kappa shape index (κ1) is 17.1. The molecule has 0 unspecified atom stereocenters. The van der Waals surface area contributed by atoms with E-state index >= 15 is 0 Å². The number of nitrogens with one attached hydrogen (secondary N) is 1. The third-order valence-corrected chi connectivity index (χ3v) is 4.96. The molecule has 5 nitrogen and oxygen atoms in total. The number of ether oxygens (including phenoxy) is 1. The summed E-state index contributed by atoms with van der Waals surface area (Å²) in [6, 6.07) is 0.0260. The third-order valence-electron chi connectivity index (χ3n) is 4.96. The predicted molar refractivity (Wildman–Crippen MR) is 85.5 cm³/mol. The van der Waals surface area contributed by atoms with Gasteiger partial charge >= 0.3 is 12.0 Å². The second-order valence-corrected chi connectivity index (χ2v) is 6.54. The van der Waals surface area contributed by atoms with Crippen LogP contribution in [0.5, 0.6) is 0 Å². The van der Waals surface area contributed by atoms with Crippen molar-refractivity contribution in [2.45, 2.75) is 58.3 Å². The summed E-state index contributed by atoms with van der Waals surface area (Å²) in [7, 11) is 0.